The number of carbonyl (C=O) groups excluding carboxylic acids is 3. The van der Waals surface area contributed by atoms with Gasteiger partial charge in [0.15, 0.2) is 0 Å². The maximum atomic E-state index is 14.4. The molecule has 0 radical (unpaired) electrons. The molecule has 3 fully saturated rings. The average molecular weight is 1750 g/mol. The lowest BCUT2D eigenvalue weighted by Crippen LogP contribution is -2.53. The van der Waals surface area contributed by atoms with E-state index in [2.05, 4.69) is 67.0 Å². The van der Waals surface area contributed by atoms with Crippen molar-refractivity contribution in [3.8, 4) is 50.4 Å². The standard InChI is InChI=1S/C34H32ClFN4O3.C34H33ClN4O3.C32H31ClN6O2/c1-6-31(42)38-13-14-39(21(4)18-38)33-27-16-28(35)26(25-12-11-23(36)15-22(25)19-41)17-30(27)40(34(43)32(33)37-5)29-10-8-7-9-24(29)20(2)3;1-6-31(41)37-15-16-38(22(4)19-37)33-27-17-28(35)26(25-13-8-7-11-23(25)20-40)18-30(27)39(34(42)32(33)36-5)29-14-10-9-12-24(29)21(2)3;1-6-29(40)37-13-14-38(20(4)18-37)31-24-15-25(33)23(21-11-12-28(34)36-17-21)16-27(24)39(32(41)30(31)35-5)26-10-8-7-9-22(26)19(2)3/h6-12,15-17,20-21,41H,1,13-14,18-19H2,2-4H3;6-14,17-18,21-22,40H,1,15-16,19-20H2,2-4H3;6-12,15-17,19-20H,1,13-14,18H2,2-4H3,(H2,34,36)/t21-;22-;20-/m000/s1. The van der Waals surface area contributed by atoms with E-state index in [0.717, 1.165) is 27.8 Å². The molecule has 3 aliphatic heterocycles. The lowest BCUT2D eigenvalue weighted by molar-refractivity contribution is -0.127. The summed E-state index contributed by atoms with van der Waals surface area (Å²) < 4.78 is 18.9. The predicted molar refractivity (Wildman–Crippen MR) is 506 cm³/mol. The highest BCUT2D eigenvalue weighted by atomic mass is 35.5. The third-order valence-electron chi connectivity index (χ3n) is 23.7. The number of carbonyl (C=O) groups is 3. The number of hydrogen-bond donors (Lipinski definition) is 3. The van der Waals surface area contributed by atoms with Crippen molar-refractivity contribution in [3.05, 3.63) is 322 Å². The third-order valence-corrected chi connectivity index (χ3v) is 24.6. The first-order chi connectivity index (χ1) is 60.5. The van der Waals surface area contributed by atoms with Crippen molar-refractivity contribution >= 4 is 125 Å². The summed E-state index contributed by atoms with van der Waals surface area (Å²) in [4.78, 5) is 107. The van der Waals surface area contributed by atoms with E-state index in [9.17, 15) is 43.4 Å². The van der Waals surface area contributed by atoms with Gasteiger partial charge < -0.3 is 45.3 Å². The van der Waals surface area contributed by atoms with Crippen molar-refractivity contribution in [2.75, 3.05) is 79.3 Å². The fraction of sp³-hybridized carbons (Fsp3) is 0.260. The molecule has 0 spiro atoms. The topological polar surface area (TPSA) is 229 Å². The van der Waals surface area contributed by atoms with E-state index < -0.39 is 29.1 Å². The molecule has 0 unspecified atom stereocenters. The molecule has 12 aromatic rings. The number of aromatic nitrogens is 4. The van der Waals surface area contributed by atoms with E-state index >= 15 is 0 Å². The molecule has 3 aliphatic rings. The van der Waals surface area contributed by atoms with Gasteiger partial charge in [-0.25, -0.2) is 23.9 Å². The Morgan fingerprint density at radius 1 is 0.460 bits per heavy atom. The summed E-state index contributed by atoms with van der Waals surface area (Å²) >= 11 is 20.8. The lowest BCUT2D eigenvalue weighted by atomic mass is 9.96. The number of pyridine rings is 4. The molecule has 4 aromatic heterocycles. The van der Waals surface area contributed by atoms with Crippen LogP contribution in [0.25, 0.3) is 97.7 Å². The molecule has 3 saturated heterocycles. The smallest absolute Gasteiger partial charge is 0.274 e. The average Bonchev–Trinajstić information content (AvgIpc) is 0.736. The van der Waals surface area contributed by atoms with E-state index in [1.165, 1.54) is 30.4 Å². The van der Waals surface area contributed by atoms with Gasteiger partial charge in [-0.05, 0) is 175 Å². The number of para-hydroxylation sites is 3. The Bertz CT molecular complexity index is 6700. The normalized spacial score (nSPS) is 15.2. The Kier molecular flexibility index (Phi) is 27.5. The second-order valence-electron chi connectivity index (χ2n) is 32.4. The van der Waals surface area contributed by atoms with Gasteiger partial charge in [0.2, 0.25) is 17.7 Å². The van der Waals surface area contributed by atoms with Crippen molar-refractivity contribution in [1.82, 2.24) is 33.4 Å². The quantitative estimate of drug-likeness (QED) is 0.0570. The van der Waals surface area contributed by atoms with Crippen LogP contribution in [-0.4, -0.2) is 138 Å². The maximum absolute atomic E-state index is 14.4. The van der Waals surface area contributed by atoms with Gasteiger partial charge in [-0.3, -0.25) is 42.5 Å². The van der Waals surface area contributed by atoms with Crippen molar-refractivity contribution in [1.29, 1.82) is 0 Å². The molecule has 22 nitrogen and oxygen atoms in total. The highest BCUT2D eigenvalue weighted by molar-refractivity contribution is 6.36. The van der Waals surface area contributed by atoms with Gasteiger partial charge in [0.25, 0.3) is 33.7 Å². The number of hydrogen-bond acceptors (Lipinski definition) is 13. The molecule has 26 heteroatoms. The van der Waals surface area contributed by atoms with Crippen molar-refractivity contribution in [2.24, 2.45) is 0 Å². The molecule has 15 rings (SSSR count). The van der Waals surface area contributed by atoms with Crippen LogP contribution in [-0.2, 0) is 27.6 Å². The minimum Gasteiger partial charge on any atom is -0.392 e. The van der Waals surface area contributed by atoms with Gasteiger partial charge in [-0.15, -0.1) is 0 Å². The Morgan fingerprint density at radius 2 is 0.794 bits per heavy atom. The Hall–Kier alpha value is -13.4. The highest BCUT2D eigenvalue weighted by Gasteiger charge is 2.37. The summed E-state index contributed by atoms with van der Waals surface area (Å²) in [7, 11) is 0. The highest BCUT2D eigenvalue weighted by Crippen LogP contribution is 2.48. The largest absolute Gasteiger partial charge is 0.392 e. The van der Waals surface area contributed by atoms with Crippen LogP contribution in [0.15, 0.2) is 222 Å². The number of aliphatic hydroxyl groups is 2. The predicted octanol–water partition coefficient (Wildman–Crippen LogP) is 19.7. The number of benzene rings is 8. The number of anilines is 4. The van der Waals surface area contributed by atoms with Gasteiger partial charge in [0.1, 0.15) is 11.6 Å². The van der Waals surface area contributed by atoms with Crippen LogP contribution < -0.4 is 37.1 Å². The van der Waals surface area contributed by atoms with Crippen LogP contribution in [0.5, 0.6) is 0 Å². The number of piperazine rings is 3. The minimum absolute atomic E-state index is 0.0102. The van der Waals surface area contributed by atoms with E-state index in [1.807, 2.05) is 177 Å². The molecule has 126 heavy (non-hydrogen) atoms. The van der Waals surface area contributed by atoms with E-state index in [1.54, 1.807) is 58.9 Å². The molecule has 7 heterocycles. The van der Waals surface area contributed by atoms with Crippen molar-refractivity contribution in [2.45, 2.75) is 111 Å². The number of aliphatic hydroxyl groups excluding tert-OH is 2. The fourth-order valence-corrected chi connectivity index (χ4v) is 18.3. The van der Waals surface area contributed by atoms with Gasteiger partial charge in [-0.2, -0.15) is 0 Å². The van der Waals surface area contributed by atoms with Gasteiger partial charge in [-0.1, -0.05) is 181 Å². The molecule has 3 atom stereocenters. The summed E-state index contributed by atoms with van der Waals surface area (Å²) in [5.74, 6) is -0.224. The van der Waals surface area contributed by atoms with E-state index in [0.29, 0.717) is 180 Å². The van der Waals surface area contributed by atoms with Crippen molar-refractivity contribution in [3.63, 3.8) is 0 Å². The second kappa shape index (κ2) is 38.4. The third kappa shape index (κ3) is 17.4. The van der Waals surface area contributed by atoms with E-state index in [-0.39, 0.29) is 77.3 Å². The first-order valence-corrected chi connectivity index (χ1v) is 42.6. The number of rotatable bonds is 17. The number of nitrogen functional groups attached to an aromatic ring is 1. The summed E-state index contributed by atoms with van der Waals surface area (Å²) in [5.41, 5.74) is 17.7. The number of amides is 3. The Balaban J connectivity index is 0.000000162. The maximum Gasteiger partial charge on any atom is 0.274 e. The van der Waals surface area contributed by atoms with E-state index in [4.69, 9.17) is 60.3 Å². The zero-order valence-electron chi connectivity index (χ0n) is 71.5. The molecule has 0 aliphatic carbocycles. The van der Waals surface area contributed by atoms with Gasteiger partial charge in [0.05, 0.1) is 83.6 Å². The SMILES string of the molecule is [C-]#[N+]c1c(N2CCN(C(=O)C=C)C[C@@H]2C)c2cc(Cl)c(-c3ccc(F)cc3CO)cc2n(-c2ccccc2C(C)C)c1=O.[C-]#[N+]c1c(N2CCN(C(=O)C=C)C[C@@H]2C)c2cc(Cl)c(-c3ccc(N)nc3)cc2n(-c2ccccc2C(C)C)c1=O.[C-]#[N+]c1c(N2CCN(C(=O)C=C)C[C@@H]2C)c2cc(Cl)c(-c3ccccc3CO)cc2n(-c2ccccc2C(C)C)c1=O. The van der Waals surface area contributed by atoms with Crippen LogP contribution in [0.2, 0.25) is 15.1 Å². The first-order valence-electron chi connectivity index (χ1n) is 41.5. The molecule has 642 valence electrons. The summed E-state index contributed by atoms with van der Waals surface area (Å²) in [6.07, 6.45) is 5.55. The van der Waals surface area contributed by atoms with Crippen LogP contribution in [0.3, 0.4) is 0 Å². The Labute approximate surface area is 746 Å². The van der Waals surface area contributed by atoms with Crippen LogP contribution in [0.4, 0.5) is 44.3 Å². The summed E-state index contributed by atoms with van der Waals surface area (Å²) in [6.45, 7) is 56.8. The van der Waals surface area contributed by atoms with Crippen LogP contribution >= 0.6 is 34.8 Å². The minimum atomic E-state index is -0.487. The second-order valence-corrected chi connectivity index (χ2v) is 33.6. The summed E-state index contributed by atoms with van der Waals surface area (Å²) in [6, 6.07) is 48.6. The number of nitrogens with two attached hydrogens (primary N) is 1. The lowest BCUT2D eigenvalue weighted by Gasteiger charge is -2.42. The number of halogens is 4. The monoisotopic (exact) mass is 1740 g/mol. The summed E-state index contributed by atoms with van der Waals surface area (Å²) in [5, 5.41) is 23.3. The molecule has 8 aromatic carbocycles. The van der Waals surface area contributed by atoms with Crippen LogP contribution in [0.1, 0.15) is 108 Å². The zero-order chi connectivity index (χ0) is 90.5. The molecule has 4 N–H and O–H groups in total. The number of fused-ring (bicyclic) bond motifs is 3. The molecular formula is C100H96Cl3FN14O8. The van der Waals surface area contributed by atoms with Gasteiger partial charge >= 0.3 is 0 Å². The molecule has 0 bridgehead atoms. The van der Waals surface area contributed by atoms with Crippen molar-refractivity contribution < 1.29 is 29.0 Å². The van der Waals surface area contributed by atoms with Gasteiger partial charge in [0, 0.05) is 137 Å². The molecule has 3 amide bonds. The fourth-order valence-electron chi connectivity index (χ4n) is 17.5. The number of nitrogens with zero attached hydrogens (tertiary/aromatic N) is 13. The zero-order valence-corrected chi connectivity index (χ0v) is 73.8. The first kappa shape index (κ1) is 90.3. The Morgan fingerprint density at radius 3 is 1.12 bits per heavy atom. The van der Waals surface area contributed by atoms with Crippen LogP contribution in [0, 0.1) is 25.5 Å². The molecule has 0 saturated carbocycles. The molecular weight excluding hydrogens is 1650 g/mol.